The number of carbonyl (C=O) groups excluding carboxylic acids is 1. The lowest BCUT2D eigenvalue weighted by molar-refractivity contribution is -0.224. The third-order valence-corrected chi connectivity index (χ3v) is 1.21. The van der Waals surface area contributed by atoms with E-state index in [0.29, 0.717) is 5.57 Å². The van der Waals surface area contributed by atoms with Gasteiger partial charge in [0.2, 0.25) is 5.79 Å². The molecular formula is C10H18O3. The van der Waals surface area contributed by atoms with Crippen LogP contribution in [0.3, 0.4) is 0 Å². The van der Waals surface area contributed by atoms with Gasteiger partial charge in [0, 0.05) is 19.4 Å². The summed E-state index contributed by atoms with van der Waals surface area (Å²) in [5.74, 6) is -1.31. The van der Waals surface area contributed by atoms with Crippen molar-refractivity contribution < 1.29 is 14.3 Å². The fraction of sp³-hybridized carbons (Fsp3) is 0.700. The molecule has 0 N–H and O–H groups in total. The van der Waals surface area contributed by atoms with Crippen molar-refractivity contribution in [3.05, 3.63) is 12.2 Å². The van der Waals surface area contributed by atoms with Crippen LogP contribution in [0.2, 0.25) is 0 Å². The Morgan fingerprint density at radius 2 is 1.85 bits per heavy atom. The third kappa shape index (κ3) is 5.42. The molecule has 0 aliphatic heterocycles. The van der Waals surface area contributed by atoms with Gasteiger partial charge in [-0.2, -0.15) is 0 Å². The lowest BCUT2D eigenvalue weighted by Gasteiger charge is -2.27. The molecular weight excluding hydrogens is 168 g/mol. The van der Waals surface area contributed by atoms with E-state index in [1.165, 1.54) is 0 Å². The van der Waals surface area contributed by atoms with E-state index < -0.39 is 11.8 Å². The van der Waals surface area contributed by atoms with E-state index in [1.807, 2.05) is 13.8 Å². The van der Waals surface area contributed by atoms with Crippen molar-refractivity contribution in [1.29, 1.82) is 0 Å². The summed E-state index contributed by atoms with van der Waals surface area (Å²) in [5, 5.41) is 0. The summed E-state index contributed by atoms with van der Waals surface area (Å²) in [6.07, 6.45) is 0.0212. The predicted octanol–water partition coefficient (Wildman–Crippen LogP) is 2.27. The minimum atomic E-state index is -0.885. The Kier molecular flexibility index (Phi) is 4.14. The zero-order valence-electron chi connectivity index (χ0n) is 9.01. The molecule has 0 saturated heterocycles. The molecule has 0 aliphatic rings. The largest absolute Gasteiger partial charge is 0.430 e. The number of esters is 1. The number of carbonyl (C=O) groups is 1. The Balaban J connectivity index is 4.16. The smallest absolute Gasteiger partial charge is 0.335 e. The van der Waals surface area contributed by atoms with Gasteiger partial charge in [-0.15, -0.1) is 0 Å². The molecule has 0 amide bonds. The molecule has 13 heavy (non-hydrogen) atoms. The van der Waals surface area contributed by atoms with E-state index in [1.54, 1.807) is 20.8 Å². The maximum atomic E-state index is 11.1. The van der Waals surface area contributed by atoms with Crippen molar-refractivity contribution in [1.82, 2.24) is 0 Å². The van der Waals surface area contributed by atoms with E-state index in [4.69, 9.17) is 9.47 Å². The second-order valence-electron chi connectivity index (χ2n) is 3.74. The summed E-state index contributed by atoms with van der Waals surface area (Å²) in [6, 6.07) is 0. The molecule has 0 aromatic rings. The molecule has 0 rings (SSSR count). The normalized spacial score (nSPS) is 11.5. The Bertz CT molecular complexity index is 204. The van der Waals surface area contributed by atoms with Gasteiger partial charge in [0.1, 0.15) is 0 Å². The van der Waals surface area contributed by atoms with Gasteiger partial charge in [-0.3, -0.25) is 0 Å². The first kappa shape index (κ1) is 12.2. The zero-order chi connectivity index (χ0) is 10.6. The SMILES string of the molecule is C=C(C)C(=O)OC(C)(C)OC(C)C. The molecule has 0 radical (unpaired) electrons. The van der Waals surface area contributed by atoms with Crippen LogP contribution >= 0.6 is 0 Å². The van der Waals surface area contributed by atoms with Crippen LogP contribution in [0, 0.1) is 0 Å². The highest BCUT2D eigenvalue weighted by Crippen LogP contribution is 2.15. The first-order valence-electron chi connectivity index (χ1n) is 4.31. The Hall–Kier alpha value is -0.830. The van der Waals surface area contributed by atoms with E-state index >= 15 is 0 Å². The lowest BCUT2D eigenvalue weighted by atomic mass is 10.3. The van der Waals surface area contributed by atoms with Gasteiger partial charge in [-0.05, 0) is 20.8 Å². The minimum absolute atomic E-state index is 0.0212. The van der Waals surface area contributed by atoms with Gasteiger partial charge >= 0.3 is 5.97 Å². The molecule has 0 aromatic heterocycles. The zero-order valence-corrected chi connectivity index (χ0v) is 9.01. The highest BCUT2D eigenvalue weighted by Gasteiger charge is 2.24. The monoisotopic (exact) mass is 186 g/mol. The maximum Gasteiger partial charge on any atom is 0.335 e. The molecule has 0 heterocycles. The molecule has 76 valence electrons. The molecule has 3 heteroatoms. The van der Waals surface area contributed by atoms with Crippen molar-refractivity contribution in [3.8, 4) is 0 Å². The van der Waals surface area contributed by atoms with Crippen LogP contribution in [0.25, 0.3) is 0 Å². The molecule has 0 atom stereocenters. The van der Waals surface area contributed by atoms with Crippen LogP contribution in [0.5, 0.6) is 0 Å². The fourth-order valence-electron chi connectivity index (χ4n) is 0.902. The second-order valence-corrected chi connectivity index (χ2v) is 3.74. The third-order valence-electron chi connectivity index (χ3n) is 1.21. The maximum absolute atomic E-state index is 11.1. The molecule has 0 spiro atoms. The molecule has 0 aliphatic carbocycles. The first-order chi connectivity index (χ1) is 5.74. The molecule has 3 nitrogen and oxygen atoms in total. The van der Waals surface area contributed by atoms with Crippen molar-refractivity contribution in [3.63, 3.8) is 0 Å². The highest BCUT2D eigenvalue weighted by molar-refractivity contribution is 5.87. The first-order valence-corrected chi connectivity index (χ1v) is 4.31. The fourth-order valence-corrected chi connectivity index (χ4v) is 0.902. The van der Waals surface area contributed by atoms with Crippen LogP contribution in [-0.2, 0) is 14.3 Å². The molecule has 0 unspecified atom stereocenters. The molecule has 0 fully saturated rings. The highest BCUT2D eigenvalue weighted by atomic mass is 16.7. The van der Waals surface area contributed by atoms with E-state index in [-0.39, 0.29) is 6.10 Å². The minimum Gasteiger partial charge on any atom is -0.430 e. The quantitative estimate of drug-likeness (QED) is 0.384. The van der Waals surface area contributed by atoms with Gasteiger partial charge < -0.3 is 9.47 Å². The number of rotatable bonds is 4. The number of hydrogen-bond donors (Lipinski definition) is 0. The van der Waals surface area contributed by atoms with Gasteiger partial charge in [0.25, 0.3) is 0 Å². The van der Waals surface area contributed by atoms with Crippen LogP contribution in [0.4, 0.5) is 0 Å². The summed E-state index contributed by atoms with van der Waals surface area (Å²) in [4.78, 5) is 11.1. The van der Waals surface area contributed by atoms with Crippen LogP contribution in [0.15, 0.2) is 12.2 Å². The van der Waals surface area contributed by atoms with Gasteiger partial charge in [0.15, 0.2) is 0 Å². The van der Waals surface area contributed by atoms with Gasteiger partial charge in [-0.1, -0.05) is 6.58 Å². The van der Waals surface area contributed by atoms with Gasteiger partial charge in [-0.25, -0.2) is 4.79 Å². The Labute approximate surface area is 79.7 Å². The standard InChI is InChI=1S/C10H18O3/c1-7(2)9(11)13-10(5,6)12-8(3)4/h8H,1H2,2-6H3. The van der Waals surface area contributed by atoms with Crippen molar-refractivity contribution in [2.75, 3.05) is 0 Å². The number of hydrogen-bond acceptors (Lipinski definition) is 3. The summed E-state index contributed by atoms with van der Waals surface area (Å²) in [5.41, 5.74) is 0.375. The summed E-state index contributed by atoms with van der Waals surface area (Å²) in [6.45, 7) is 12.3. The Morgan fingerprint density at radius 1 is 1.38 bits per heavy atom. The molecule has 0 aromatic carbocycles. The number of ether oxygens (including phenoxy) is 2. The van der Waals surface area contributed by atoms with E-state index in [0.717, 1.165) is 0 Å². The average Bonchev–Trinajstić information content (AvgIpc) is 1.81. The van der Waals surface area contributed by atoms with Gasteiger partial charge in [0.05, 0.1) is 6.10 Å². The second kappa shape index (κ2) is 4.42. The summed E-state index contributed by atoms with van der Waals surface area (Å²) in [7, 11) is 0. The molecule has 0 bridgehead atoms. The summed E-state index contributed by atoms with van der Waals surface area (Å²) < 4.78 is 10.4. The van der Waals surface area contributed by atoms with Crippen LogP contribution < -0.4 is 0 Å². The Morgan fingerprint density at radius 3 is 2.15 bits per heavy atom. The predicted molar refractivity (Wildman–Crippen MR) is 51.2 cm³/mol. The van der Waals surface area contributed by atoms with Crippen LogP contribution in [0.1, 0.15) is 34.6 Å². The van der Waals surface area contributed by atoms with Crippen molar-refractivity contribution >= 4 is 5.97 Å². The average molecular weight is 186 g/mol. The van der Waals surface area contributed by atoms with Crippen LogP contribution in [-0.4, -0.2) is 17.9 Å². The van der Waals surface area contributed by atoms with Crippen molar-refractivity contribution in [2.24, 2.45) is 0 Å². The molecule has 0 saturated carbocycles. The van der Waals surface area contributed by atoms with E-state index in [9.17, 15) is 4.79 Å². The van der Waals surface area contributed by atoms with E-state index in [2.05, 4.69) is 6.58 Å². The summed E-state index contributed by atoms with van der Waals surface area (Å²) >= 11 is 0. The van der Waals surface area contributed by atoms with Crippen molar-refractivity contribution in [2.45, 2.75) is 46.5 Å². The lowest BCUT2D eigenvalue weighted by Crippen LogP contribution is -2.34. The topological polar surface area (TPSA) is 35.5 Å².